The van der Waals surface area contributed by atoms with E-state index in [9.17, 15) is 14.9 Å². The van der Waals surface area contributed by atoms with Crippen molar-refractivity contribution < 1.29 is 14.8 Å². The molecule has 0 aliphatic heterocycles. The third kappa shape index (κ3) is 2.16. The molecule has 0 bridgehead atoms. The maximum absolute atomic E-state index is 10.8. The Labute approximate surface area is 89.0 Å². The first-order valence-corrected chi connectivity index (χ1v) is 4.68. The minimum atomic E-state index is -1.67. The summed E-state index contributed by atoms with van der Waals surface area (Å²) in [6, 6.07) is 0. The minimum absolute atomic E-state index is 0.00894. The van der Waals surface area contributed by atoms with E-state index in [2.05, 4.69) is 0 Å². The van der Waals surface area contributed by atoms with Crippen LogP contribution in [0.15, 0.2) is 23.8 Å². The number of nitriles is 1. The molecule has 0 saturated carbocycles. The number of aliphatic carboxylic acids is 1. The molecule has 0 aromatic carbocycles. The van der Waals surface area contributed by atoms with Crippen LogP contribution in [0.4, 0.5) is 0 Å². The molecule has 0 amide bonds. The van der Waals surface area contributed by atoms with Gasteiger partial charge in [-0.1, -0.05) is 12.2 Å². The number of carboxylic acid groups (broad SMARTS) is 1. The van der Waals surface area contributed by atoms with Gasteiger partial charge in [-0.2, -0.15) is 5.26 Å². The summed E-state index contributed by atoms with van der Waals surface area (Å²) >= 11 is 0.444. The summed E-state index contributed by atoms with van der Waals surface area (Å²) in [6.45, 7) is 0. The van der Waals surface area contributed by atoms with Gasteiger partial charge in [0.05, 0.1) is 12.0 Å². The molecule has 6 nitrogen and oxygen atoms in total. The Balaban J connectivity index is 3.13. The predicted octanol–water partition coefficient (Wildman–Crippen LogP) is 1.14. The van der Waals surface area contributed by atoms with Crippen LogP contribution in [-0.4, -0.2) is 20.9 Å². The van der Waals surface area contributed by atoms with Gasteiger partial charge >= 0.3 is 10.8 Å². The quantitative estimate of drug-likeness (QED) is 0.335. The van der Waals surface area contributed by atoms with Crippen molar-refractivity contribution in [3.8, 4) is 5.40 Å². The lowest BCUT2D eigenvalue weighted by Crippen LogP contribution is -2.33. The Morgan fingerprint density at radius 3 is 2.93 bits per heavy atom. The van der Waals surface area contributed by atoms with Crippen molar-refractivity contribution in [1.29, 1.82) is 5.26 Å². The molecule has 0 heterocycles. The molecule has 0 radical (unpaired) electrons. The maximum Gasteiger partial charge on any atom is 0.335 e. The van der Waals surface area contributed by atoms with E-state index in [0.717, 1.165) is 6.08 Å². The van der Waals surface area contributed by atoms with Crippen molar-refractivity contribution in [2.24, 2.45) is 0 Å². The Kier molecular flexibility index (Phi) is 3.11. The highest BCUT2D eigenvalue weighted by Gasteiger charge is 2.43. The van der Waals surface area contributed by atoms with Gasteiger partial charge in [-0.25, -0.2) is 4.79 Å². The van der Waals surface area contributed by atoms with E-state index in [1.807, 2.05) is 0 Å². The fourth-order valence-electron chi connectivity index (χ4n) is 1.15. The lowest BCUT2D eigenvalue weighted by Gasteiger charge is -2.19. The van der Waals surface area contributed by atoms with Crippen LogP contribution in [0.2, 0.25) is 0 Å². The van der Waals surface area contributed by atoms with Gasteiger partial charge < -0.3 is 5.11 Å². The highest BCUT2D eigenvalue weighted by molar-refractivity contribution is 8.05. The summed E-state index contributed by atoms with van der Waals surface area (Å²) in [5.74, 6) is -1.24. The number of hydrogen-bond acceptors (Lipinski definition) is 5. The van der Waals surface area contributed by atoms with Crippen LogP contribution >= 0.6 is 11.8 Å². The molecule has 15 heavy (non-hydrogen) atoms. The molecule has 1 atom stereocenters. The zero-order valence-electron chi connectivity index (χ0n) is 7.41. The third-order valence-corrected chi connectivity index (χ3v) is 2.75. The van der Waals surface area contributed by atoms with E-state index in [-0.39, 0.29) is 12.0 Å². The van der Waals surface area contributed by atoms with Gasteiger partial charge in [0.1, 0.15) is 5.40 Å². The molecule has 0 saturated heterocycles. The normalized spacial score (nSPS) is 24.1. The molecular formula is C8H6N2O4S. The smallest absolute Gasteiger partial charge is 0.335 e. The predicted molar refractivity (Wildman–Crippen MR) is 52.4 cm³/mol. The summed E-state index contributed by atoms with van der Waals surface area (Å²) < 4.78 is 0. The summed E-state index contributed by atoms with van der Waals surface area (Å²) in [5.41, 5.74) is -0.166. The summed E-state index contributed by atoms with van der Waals surface area (Å²) in [7, 11) is 0. The van der Waals surface area contributed by atoms with Gasteiger partial charge in [-0.3, -0.25) is 10.1 Å². The van der Waals surface area contributed by atoms with Crippen LogP contribution in [0, 0.1) is 20.8 Å². The number of nitrogens with zero attached hydrogens (tertiary/aromatic N) is 2. The van der Waals surface area contributed by atoms with Crippen molar-refractivity contribution in [2.75, 3.05) is 0 Å². The SMILES string of the molecule is N#CSC1([N+](=O)[O-])C=C(C(=O)O)C=CC1. The second kappa shape index (κ2) is 4.14. The molecule has 78 valence electrons. The largest absolute Gasteiger partial charge is 0.478 e. The third-order valence-electron chi connectivity index (χ3n) is 1.87. The molecule has 0 aromatic rings. The van der Waals surface area contributed by atoms with Crippen molar-refractivity contribution in [3.63, 3.8) is 0 Å². The molecule has 1 aliphatic carbocycles. The average molecular weight is 226 g/mol. The first-order chi connectivity index (χ1) is 7.02. The molecule has 1 N–H and O–H groups in total. The zero-order valence-corrected chi connectivity index (χ0v) is 8.23. The number of nitro groups is 1. The van der Waals surface area contributed by atoms with Crippen LogP contribution in [0.1, 0.15) is 6.42 Å². The fourth-order valence-corrected chi connectivity index (χ4v) is 1.75. The van der Waals surface area contributed by atoms with Crippen LogP contribution in [0.5, 0.6) is 0 Å². The van der Waals surface area contributed by atoms with E-state index in [4.69, 9.17) is 10.4 Å². The molecule has 1 aliphatic rings. The van der Waals surface area contributed by atoms with E-state index < -0.39 is 15.8 Å². The molecule has 0 aromatic heterocycles. The first kappa shape index (κ1) is 11.3. The number of thioether (sulfide) groups is 1. The molecule has 0 spiro atoms. The van der Waals surface area contributed by atoms with E-state index in [0.29, 0.717) is 11.8 Å². The number of thiocyanates is 1. The highest BCUT2D eigenvalue weighted by atomic mass is 32.2. The monoisotopic (exact) mass is 226 g/mol. The Morgan fingerprint density at radius 1 is 1.80 bits per heavy atom. The summed E-state index contributed by atoms with van der Waals surface area (Å²) in [5, 5.41) is 29.6. The molecule has 0 fully saturated rings. The lowest BCUT2D eigenvalue weighted by molar-refractivity contribution is -0.523. The summed E-state index contributed by atoms with van der Waals surface area (Å²) in [6.07, 6.45) is 3.69. The Morgan fingerprint density at radius 2 is 2.47 bits per heavy atom. The second-order valence-electron chi connectivity index (χ2n) is 2.81. The van der Waals surface area contributed by atoms with Gasteiger partial charge in [0.15, 0.2) is 0 Å². The van der Waals surface area contributed by atoms with Crippen molar-refractivity contribution in [3.05, 3.63) is 33.9 Å². The van der Waals surface area contributed by atoms with Gasteiger partial charge in [0.25, 0.3) is 0 Å². The second-order valence-corrected chi connectivity index (χ2v) is 3.90. The lowest BCUT2D eigenvalue weighted by atomic mass is 10.0. The van der Waals surface area contributed by atoms with Crippen molar-refractivity contribution in [2.45, 2.75) is 11.3 Å². The maximum atomic E-state index is 10.8. The Hall–Kier alpha value is -1.81. The number of carboxylic acids is 1. The van der Waals surface area contributed by atoms with Gasteiger partial charge in [-0.05, 0) is 0 Å². The topological polar surface area (TPSA) is 104 Å². The van der Waals surface area contributed by atoms with Gasteiger partial charge in [0.2, 0.25) is 0 Å². The van der Waals surface area contributed by atoms with Crippen LogP contribution in [0.25, 0.3) is 0 Å². The summed E-state index contributed by atoms with van der Waals surface area (Å²) in [4.78, 5) is 19.1. The number of rotatable bonds is 3. The average Bonchev–Trinajstić information content (AvgIpc) is 2.18. The van der Waals surface area contributed by atoms with Crippen molar-refractivity contribution in [1.82, 2.24) is 0 Å². The Bertz CT molecular complexity index is 409. The molecule has 7 heteroatoms. The van der Waals surface area contributed by atoms with E-state index in [1.165, 1.54) is 12.2 Å². The first-order valence-electron chi connectivity index (χ1n) is 3.86. The van der Waals surface area contributed by atoms with E-state index in [1.54, 1.807) is 5.40 Å². The molecular weight excluding hydrogens is 220 g/mol. The standard InChI is InChI=1S/C8H6N2O4S/c9-5-15-8(10(13)14)3-1-2-6(4-8)7(11)12/h1-2,4H,3H2,(H,11,12). The van der Waals surface area contributed by atoms with Gasteiger partial charge in [0, 0.05) is 22.8 Å². The van der Waals surface area contributed by atoms with E-state index >= 15 is 0 Å². The highest BCUT2D eigenvalue weighted by Crippen LogP contribution is 2.35. The fraction of sp³-hybridized carbons (Fsp3) is 0.250. The molecule has 1 unspecified atom stereocenters. The van der Waals surface area contributed by atoms with Crippen LogP contribution < -0.4 is 0 Å². The van der Waals surface area contributed by atoms with Crippen LogP contribution in [0.3, 0.4) is 0 Å². The van der Waals surface area contributed by atoms with Crippen molar-refractivity contribution >= 4 is 17.7 Å². The number of hydrogen-bond donors (Lipinski definition) is 1. The zero-order chi connectivity index (χ0) is 11.5. The van der Waals surface area contributed by atoms with Gasteiger partial charge in [-0.15, -0.1) is 0 Å². The minimum Gasteiger partial charge on any atom is -0.478 e. The molecule has 1 rings (SSSR count). The number of carbonyl (C=O) groups is 1. The van der Waals surface area contributed by atoms with Crippen LogP contribution in [-0.2, 0) is 4.79 Å².